The number of hydrogen-bond donors (Lipinski definition) is 6. The van der Waals surface area contributed by atoms with Crippen molar-refractivity contribution in [1.29, 1.82) is 0 Å². The van der Waals surface area contributed by atoms with E-state index in [0.29, 0.717) is 0 Å². The Morgan fingerprint density at radius 2 is 1.77 bits per heavy atom. The monoisotopic (exact) mass is 193 g/mol. The van der Waals surface area contributed by atoms with Crippen LogP contribution in [0.15, 0.2) is 0 Å². The van der Waals surface area contributed by atoms with E-state index in [1.54, 1.807) is 0 Å². The first kappa shape index (κ1) is 10.8. The zero-order valence-electron chi connectivity index (χ0n) is 7.04. The summed E-state index contributed by atoms with van der Waals surface area (Å²) in [6, 6.07) is -0.851. The van der Waals surface area contributed by atoms with Crippen LogP contribution in [0.25, 0.3) is 0 Å². The minimum atomic E-state index is -1.82. The molecule has 78 valence electrons. The standard InChI is InChI=1S/C7H15NO5/c8-3-1-7(13,2-9)6(12)5(11)4(3)10/h3-6,9-13H,1-2,8H2/t3-,4+,5+,6-,7+/m1/s1. The lowest BCUT2D eigenvalue weighted by Crippen LogP contribution is -2.66. The third-order valence-electron chi connectivity index (χ3n) is 2.53. The quantitative estimate of drug-likeness (QED) is 0.257. The van der Waals surface area contributed by atoms with Crippen molar-refractivity contribution in [2.75, 3.05) is 6.61 Å². The van der Waals surface area contributed by atoms with Gasteiger partial charge >= 0.3 is 0 Å². The Hall–Kier alpha value is -0.240. The van der Waals surface area contributed by atoms with Gasteiger partial charge in [-0.1, -0.05) is 0 Å². The highest BCUT2D eigenvalue weighted by molar-refractivity contribution is 5.03. The highest BCUT2D eigenvalue weighted by Gasteiger charge is 2.49. The molecule has 5 atom stereocenters. The van der Waals surface area contributed by atoms with E-state index in [-0.39, 0.29) is 6.42 Å². The molecule has 0 bridgehead atoms. The fourth-order valence-electron chi connectivity index (χ4n) is 1.57. The maximum absolute atomic E-state index is 9.56. The van der Waals surface area contributed by atoms with Gasteiger partial charge in [-0.3, -0.25) is 0 Å². The summed E-state index contributed by atoms with van der Waals surface area (Å²) in [6.07, 6.45) is -4.53. The second-order valence-corrected chi connectivity index (χ2v) is 3.56. The molecule has 1 rings (SSSR count). The van der Waals surface area contributed by atoms with Crippen LogP contribution >= 0.6 is 0 Å². The van der Waals surface area contributed by atoms with Gasteiger partial charge < -0.3 is 31.3 Å². The van der Waals surface area contributed by atoms with Gasteiger partial charge in [0.2, 0.25) is 0 Å². The van der Waals surface area contributed by atoms with E-state index in [9.17, 15) is 20.4 Å². The molecule has 0 amide bonds. The molecule has 1 aliphatic rings. The largest absolute Gasteiger partial charge is 0.393 e. The van der Waals surface area contributed by atoms with Gasteiger partial charge in [-0.25, -0.2) is 0 Å². The van der Waals surface area contributed by atoms with Gasteiger partial charge in [-0.05, 0) is 6.42 Å². The molecule has 0 heterocycles. The van der Waals surface area contributed by atoms with Crippen LogP contribution in [0.4, 0.5) is 0 Å². The Morgan fingerprint density at radius 1 is 1.23 bits per heavy atom. The smallest absolute Gasteiger partial charge is 0.118 e. The van der Waals surface area contributed by atoms with Crippen molar-refractivity contribution >= 4 is 0 Å². The third-order valence-corrected chi connectivity index (χ3v) is 2.53. The molecule has 0 spiro atoms. The molecule has 0 aromatic rings. The number of hydrogen-bond acceptors (Lipinski definition) is 6. The first-order valence-electron chi connectivity index (χ1n) is 4.05. The highest BCUT2D eigenvalue weighted by atomic mass is 16.4. The Balaban J connectivity index is 2.82. The fraction of sp³-hybridized carbons (Fsp3) is 1.00. The minimum Gasteiger partial charge on any atom is -0.393 e. The fourth-order valence-corrected chi connectivity index (χ4v) is 1.57. The first-order valence-corrected chi connectivity index (χ1v) is 4.05. The van der Waals surface area contributed by atoms with Gasteiger partial charge in [0.15, 0.2) is 0 Å². The molecule has 13 heavy (non-hydrogen) atoms. The van der Waals surface area contributed by atoms with Crippen molar-refractivity contribution in [3.63, 3.8) is 0 Å². The molecule has 1 aliphatic carbocycles. The highest BCUT2D eigenvalue weighted by Crippen LogP contribution is 2.28. The average Bonchev–Trinajstić information content (AvgIpc) is 2.12. The summed E-state index contributed by atoms with van der Waals surface area (Å²) in [4.78, 5) is 0. The summed E-state index contributed by atoms with van der Waals surface area (Å²) in [7, 11) is 0. The molecule has 1 fully saturated rings. The van der Waals surface area contributed by atoms with Gasteiger partial charge in [0, 0.05) is 6.04 Å². The van der Waals surface area contributed by atoms with Crippen LogP contribution < -0.4 is 5.73 Å². The molecule has 6 heteroatoms. The second-order valence-electron chi connectivity index (χ2n) is 3.56. The van der Waals surface area contributed by atoms with Gasteiger partial charge in [0.05, 0.1) is 12.7 Å². The van der Waals surface area contributed by atoms with Crippen LogP contribution in [0.2, 0.25) is 0 Å². The molecule has 0 aliphatic heterocycles. The molecule has 0 radical (unpaired) electrons. The van der Waals surface area contributed by atoms with Crippen LogP contribution in [0, 0.1) is 0 Å². The van der Waals surface area contributed by atoms with Crippen LogP contribution in [-0.2, 0) is 0 Å². The van der Waals surface area contributed by atoms with Crippen LogP contribution in [0.3, 0.4) is 0 Å². The number of aliphatic hydroxyl groups is 5. The molecule has 0 saturated heterocycles. The zero-order valence-corrected chi connectivity index (χ0v) is 7.04. The Bertz CT molecular complexity index is 190. The molecular formula is C7H15NO5. The van der Waals surface area contributed by atoms with Crippen molar-refractivity contribution in [3.05, 3.63) is 0 Å². The third kappa shape index (κ3) is 1.69. The molecule has 6 nitrogen and oxygen atoms in total. The van der Waals surface area contributed by atoms with E-state index in [4.69, 9.17) is 10.8 Å². The van der Waals surface area contributed by atoms with Crippen LogP contribution in [-0.4, -0.2) is 62.1 Å². The summed E-state index contributed by atoms with van der Waals surface area (Å²) in [5.41, 5.74) is 3.57. The van der Waals surface area contributed by atoms with E-state index >= 15 is 0 Å². The van der Waals surface area contributed by atoms with Gasteiger partial charge in [0.1, 0.15) is 17.8 Å². The predicted octanol–water partition coefficient (Wildman–Crippen LogP) is -3.48. The van der Waals surface area contributed by atoms with Gasteiger partial charge in [0.25, 0.3) is 0 Å². The van der Waals surface area contributed by atoms with Crippen molar-refractivity contribution < 1.29 is 25.5 Å². The van der Waals surface area contributed by atoms with E-state index in [1.807, 2.05) is 0 Å². The van der Waals surface area contributed by atoms with Crippen LogP contribution in [0.1, 0.15) is 6.42 Å². The van der Waals surface area contributed by atoms with Crippen molar-refractivity contribution in [2.24, 2.45) is 5.73 Å². The van der Waals surface area contributed by atoms with E-state index in [2.05, 4.69) is 0 Å². The van der Waals surface area contributed by atoms with E-state index in [0.717, 1.165) is 0 Å². The number of nitrogens with two attached hydrogens (primary N) is 1. The summed E-state index contributed by atoms with van der Waals surface area (Å²) in [6.45, 7) is -0.703. The van der Waals surface area contributed by atoms with Crippen molar-refractivity contribution in [3.8, 4) is 0 Å². The lowest BCUT2D eigenvalue weighted by Gasteiger charge is -2.43. The van der Waals surface area contributed by atoms with E-state index < -0.39 is 36.6 Å². The summed E-state index contributed by atoms with van der Waals surface area (Å²) >= 11 is 0. The lowest BCUT2D eigenvalue weighted by molar-refractivity contribution is -0.203. The Morgan fingerprint density at radius 3 is 2.23 bits per heavy atom. The molecular weight excluding hydrogens is 178 g/mol. The molecule has 0 aromatic heterocycles. The summed E-state index contributed by atoms with van der Waals surface area (Å²) in [5.74, 6) is 0. The SMILES string of the molecule is N[C@@H]1C[C@](O)(CO)[C@H](O)[C@@H](O)[C@H]1O. The van der Waals surface area contributed by atoms with Crippen molar-refractivity contribution in [2.45, 2.75) is 36.4 Å². The van der Waals surface area contributed by atoms with Crippen LogP contribution in [0.5, 0.6) is 0 Å². The second kappa shape index (κ2) is 3.49. The molecule has 7 N–H and O–H groups in total. The zero-order chi connectivity index (χ0) is 10.2. The molecule has 0 aromatic carbocycles. The topological polar surface area (TPSA) is 127 Å². The van der Waals surface area contributed by atoms with E-state index in [1.165, 1.54) is 0 Å². The maximum Gasteiger partial charge on any atom is 0.118 e. The maximum atomic E-state index is 9.56. The van der Waals surface area contributed by atoms with Gasteiger partial charge in [-0.15, -0.1) is 0 Å². The molecule has 1 saturated carbocycles. The Kier molecular flexibility index (Phi) is 2.91. The number of aliphatic hydroxyl groups excluding tert-OH is 4. The lowest BCUT2D eigenvalue weighted by atomic mass is 9.77. The normalized spacial score (nSPS) is 52.2. The summed E-state index contributed by atoms with van der Waals surface area (Å²) < 4.78 is 0. The molecule has 0 unspecified atom stereocenters. The minimum absolute atomic E-state index is 0.150. The van der Waals surface area contributed by atoms with Gasteiger partial charge in [-0.2, -0.15) is 0 Å². The van der Waals surface area contributed by atoms with Crippen molar-refractivity contribution in [1.82, 2.24) is 0 Å². The Labute approximate surface area is 75.2 Å². The first-order chi connectivity index (χ1) is 5.92. The predicted molar refractivity (Wildman–Crippen MR) is 42.6 cm³/mol. The number of rotatable bonds is 1. The average molecular weight is 193 g/mol. The summed E-state index contributed by atoms with van der Waals surface area (Å²) in [5, 5.41) is 46.1.